The van der Waals surface area contributed by atoms with E-state index in [4.69, 9.17) is 0 Å². The van der Waals surface area contributed by atoms with Crippen LogP contribution >= 0.6 is 15.9 Å². The third-order valence-electron chi connectivity index (χ3n) is 3.33. The number of piperidine rings is 1. The summed E-state index contributed by atoms with van der Waals surface area (Å²) >= 11 is 3.05. The highest BCUT2D eigenvalue weighted by Crippen LogP contribution is 2.19. The van der Waals surface area contributed by atoms with Crippen LogP contribution in [0.15, 0.2) is 22.7 Å². The molecular formula is C13H16BrFN2O3S. The van der Waals surface area contributed by atoms with Crippen molar-refractivity contribution in [3.8, 4) is 0 Å². The Balaban J connectivity index is 1.98. The number of likely N-dealkylation sites (tertiary alicyclic amines) is 1. The largest absolute Gasteiger partial charge is 0.339 e. The number of nitrogens with zero attached hydrogens (tertiary/aromatic N) is 1. The summed E-state index contributed by atoms with van der Waals surface area (Å²) in [6, 6.07) is 4.12. The summed E-state index contributed by atoms with van der Waals surface area (Å²) in [7, 11) is -3.23. The molecule has 8 heteroatoms. The molecule has 21 heavy (non-hydrogen) atoms. The number of halogens is 2. The zero-order chi connectivity index (χ0) is 15.6. The monoisotopic (exact) mass is 378 g/mol. The average molecular weight is 379 g/mol. The number of carbonyl (C=O) groups is 1. The lowest BCUT2D eigenvalue weighted by Crippen LogP contribution is -2.46. The van der Waals surface area contributed by atoms with Crippen LogP contribution in [0.3, 0.4) is 0 Å². The van der Waals surface area contributed by atoms with Crippen molar-refractivity contribution < 1.29 is 17.6 Å². The molecule has 1 aromatic rings. The van der Waals surface area contributed by atoms with Gasteiger partial charge in [0.2, 0.25) is 10.0 Å². The van der Waals surface area contributed by atoms with Crippen molar-refractivity contribution in [3.05, 3.63) is 34.1 Å². The summed E-state index contributed by atoms with van der Waals surface area (Å²) in [6.07, 6.45) is 2.23. The van der Waals surface area contributed by atoms with Crippen molar-refractivity contribution in [3.63, 3.8) is 0 Å². The predicted molar refractivity (Wildman–Crippen MR) is 81.0 cm³/mol. The summed E-state index contributed by atoms with van der Waals surface area (Å²) in [5.41, 5.74) is 0.297. The van der Waals surface area contributed by atoms with E-state index in [0.29, 0.717) is 36.0 Å². The van der Waals surface area contributed by atoms with Gasteiger partial charge in [0.15, 0.2) is 0 Å². The van der Waals surface area contributed by atoms with Crippen molar-refractivity contribution in [2.24, 2.45) is 0 Å². The molecule has 0 bridgehead atoms. The maximum Gasteiger partial charge on any atom is 0.253 e. The van der Waals surface area contributed by atoms with Crippen molar-refractivity contribution in [2.45, 2.75) is 18.9 Å². The Morgan fingerprint density at radius 3 is 2.52 bits per heavy atom. The van der Waals surface area contributed by atoms with E-state index < -0.39 is 15.8 Å². The number of amides is 1. The van der Waals surface area contributed by atoms with E-state index in [-0.39, 0.29) is 11.9 Å². The number of carbonyl (C=O) groups excluding carboxylic acids is 1. The molecule has 1 amide bonds. The molecule has 1 saturated heterocycles. The highest BCUT2D eigenvalue weighted by atomic mass is 79.9. The van der Waals surface area contributed by atoms with Gasteiger partial charge in [0.1, 0.15) is 5.82 Å². The van der Waals surface area contributed by atoms with E-state index >= 15 is 0 Å². The summed E-state index contributed by atoms with van der Waals surface area (Å²) in [4.78, 5) is 13.9. The Morgan fingerprint density at radius 2 is 2.00 bits per heavy atom. The van der Waals surface area contributed by atoms with Gasteiger partial charge in [0.05, 0.1) is 10.7 Å². The van der Waals surface area contributed by atoms with Gasteiger partial charge in [-0.1, -0.05) is 0 Å². The fourth-order valence-corrected chi connectivity index (χ4v) is 3.40. The lowest BCUT2D eigenvalue weighted by molar-refractivity contribution is 0.0711. The zero-order valence-corrected chi connectivity index (χ0v) is 13.9. The first-order valence-corrected chi connectivity index (χ1v) is 9.16. The Morgan fingerprint density at radius 1 is 1.38 bits per heavy atom. The average Bonchev–Trinajstić information content (AvgIpc) is 2.40. The van der Waals surface area contributed by atoms with E-state index in [1.807, 2.05) is 0 Å². The minimum absolute atomic E-state index is 0.147. The third kappa shape index (κ3) is 4.49. The minimum Gasteiger partial charge on any atom is -0.339 e. The molecule has 1 N–H and O–H groups in total. The van der Waals surface area contributed by atoms with Gasteiger partial charge in [-0.15, -0.1) is 0 Å². The topological polar surface area (TPSA) is 66.5 Å². The smallest absolute Gasteiger partial charge is 0.253 e. The van der Waals surface area contributed by atoms with Crippen LogP contribution in [0.25, 0.3) is 0 Å². The first-order chi connectivity index (χ1) is 9.76. The van der Waals surface area contributed by atoms with Gasteiger partial charge in [-0.05, 0) is 47.0 Å². The van der Waals surface area contributed by atoms with Gasteiger partial charge in [-0.2, -0.15) is 0 Å². The van der Waals surface area contributed by atoms with E-state index in [1.54, 1.807) is 11.0 Å². The molecule has 0 aliphatic carbocycles. The van der Waals surface area contributed by atoms with E-state index in [0.717, 1.165) is 6.26 Å². The fourth-order valence-electron chi connectivity index (χ4n) is 2.31. The molecule has 116 valence electrons. The quantitative estimate of drug-likeness (QED) is 0.870. The fraction of sp³-hybridized carbons (Fsp3) is 0.462. The molecule has 0 radical (unpaired) electrons. The second kappa shape index (κ2) is 6.41. The van der Waals surface area contributed by atoms with E-state index in [9.17, 15) is 17.6 Å². The second-order valence-electron chi connectivity index (χ2n) is 5.09. The molecule has 0 saturated carbocycles. The highest BCUT2D eigenvalue weighted by molar-refractivity contribution is 9.10. The van der Waals surface area contributed by atoms with Crippen LogP contribution in [0.2, 0.25) is 0 Å². The third-order valence-corrected chi connectivity index (χ3v) is 4.73. The lowest BCUT2D eigenvalue weighted by atomic mass is 10.0. The van der Waals surface area contributed by atoms with Crippen LogP contribution in [0.1, 0.15) is 23.2 Å². The standard InChI is InChI=1S/C13H16BrFN2O3S/c1-21(19,20)16-10-4-6-17(7-5-10)13(18)9-2-3-11(14)12(15)8-9/h2-3,8,10,16H,4-7H2,1H3. The number of hydrogen-bond acceptors (Lipinski definition) is 3. The van der Waals surface area contributed by atoms with Gasteiger partial charge >= 0.3 is 0 Å². The molecule has 1 fully saturated rings. The van der Waals surface area contributed by atoms with Crippen LogP contribution in [0.5, 0.6) is 0 Å². The molecule has 1 heterocycles. The first-order valence-electron chi connectivity index (χ1n) is 6.48. The zero-order valence-electron chi connectivity index (χ0n) is 11.5. The van der Waals surface area contributed by atoms with Crippen LogP contribution in [-0.4, -0.2) is 44.6 Å². The number of nitrogens with one attached hydrogen (secondary N) is 1. The van der Waals surface area contributed by atoms with Crippen molar-refractivity contribution in [1.29, 1.82) is 0 Å². The molecule has 0 spiro atoms. The van der Waals surface area contributed by atoms with Crippen molar-refractivity contribution in [2.75, 3.05) is 19.3 Å². The molecular weight excluding hydrogens is 363 g/mol. The Hall–Kier alpha value is -0.990. The van der Waals surface area contributed by atoms with Gasteiger partial charge in [-0.3, -0.25) is 4.79 Å². The number of benzene rings is 1. The summed E-state index contributed by atoms with van der Waals surface area (Å²) in [6.45, 7) is 0.896. The van der Waals surface area contributed by atoms with Crippen LogP contribution in [0.4, 0.5) is 4.39 Å². The molecule has 2 rings (SSSR count). The van der Waals surface area contributed by atoms with Crippen LogP contribution in [0, 0.1) is 5.82 Å². The normalized spacial score (nSPS) is 17.0. The molecule has 5 nitrogen and oxygen atoms in total. The van der Waals surface area contributed by atoms with E-state index in [2.05, 4.69) is 20.7 Å². The molecule has 1 aliphatic heterocycles. The number of hydrogen-bond donors (Lipinski definition) is 1. The van der Waals surface area contributed by atoms with Gasteiger partial charge in [0.25, 0.3) is 5.91 Å². The molecule has 1 aromatic carbocycles. The molecule has 1 aliphatic rings. The lowest BCUT2D eigenvalue weighted by Gasteiger charge is -2.32. The van der Waals surface area contributed by atoms with Gasteiger partial charge in [-0.25, -0.2) is 17.5 Å². The Labute approximate surface area is 131 Å². The maximum absolute atomic E-state index is 13.5. The van der Waals surface area contributed by atoms with Crippen LogP contribution in [-0.2, 0) is 10.0 Å². The van der Waals surface area contributed by atoms with Crippen molar-refractivity contribution in [1.82, 2.24) is 9.62 Å². The maximum atomic E-state index is 13.5. The Bertz CT molecular complexity index is 643. The first kappa shape index (κ1) is 16.4. The van der Waals surface area contributed by atoms with E-state index in [1.165, 1.54) is 12.1 Å². The van der Waals surface area contributed by atoms with Crippen molar-refractivity contribution >= 4 is 31.9 Å². The van der Waals surface area contributed by atoms with Crippen LogP contribution < -0.4 is 4.72 Å². The predicted octanol–water partition coefficient (Wildman–Crippen LogP) is 1.74. The summed E-state index contributed by atoms with van der Waals surface area (Å²) < 4.78 is 38.7. The molecule has 0 aromatic heterocycles. The van der Waals surface area contributed by atoms with Gasteiger partial charge < -0.3 is 4.90 Å². The summed E-state index contributed by atoms with van der Waals surface area (Å²) in [5.74, 6) is -0.714. The molecule has 0 atom stereocenters. The number of sulfonamides is 1. The highest BCUT2D eigenvalue weighted by Gasteiger charge is 2.25. The Kier molecular flexibility index (Phi) is 5.00. The number of rotatable bonds is 3. The molecule has 0 unspecified atom stereocenters. The summed E-state index contributed by atoms with van der Waals surface area (Å²) in [5, 5.41) is 0. The second-order valence-corrected chi connectivity index (χ2v) is 7.72. The minimum atomic E-state index is -3.23. The van der Waals surface area contributed by atoms with Gasteiger partial charge in [0, 0.05) is 24.7 Å². The SMILES string of the molecule is CS(=O)(=O)NC1CCN(C(=O)c2ccc(Br)c(F)c2)CC1.